The van der Waals surface area contributed by atoms with Crippen molar-refractivity contribution in [3.8, 4) is 0 Å². The van der Waals surface area contributed by atoms with Crippen LogP contribution in [0.3, 0.4) is 0 Å². The quantitative estimate of drug-likeness (QED) is 0.588. The number of fused-ring (bicyclic) bond motifs is 1. The first-order chi connectivity index (χ1) is 14.8. The van der Waals surface area contributed by atoms with E-state index in [-0.39, 0.29) is 10.8 Å². The van der Waals surface area contributed by atoms with Gasteiger partial charge in [-0.1, -0.05) is 0 Å². The lowest BCUT2D eigenvalue weighted by molar-refractivity contribution is -0.119. The van der Waals surface area contributed by atoms with E-state index >= 15 is 0 Å². The molecule has 10 nitrogen and oxygen atoms in total. The largest absolute Gasteiger partial charge is 0.370 e. The fraction of sp³-hybridized carbons (Fsp3) is 0.400. The van der Waals surface area contributed by atoms with E-state index in [1.807, 2.05) is 6.07 Å². The third kappa shape index (κ3) is 4.93. The Kier molecular flexibility index (Phi) is 5.77. The number of nitrogens with one attached hydrogen (secondary N) is 1. The van der Waals surface area contributed by atoms with Crippen molar-refractivity contribution in [3.05, 3.63) is 36.7 Å². The van der Waals surface area contributed by atoms with Crippen LogP contribution in [0.5, 0.6) is 0 Å². The summed E-state index contributed by atoms with van der Waals surface area (Å²) in [6, 6.07) is 8.44. The van der Waals surface area contributed by atoms with Gasteiger partial charge in [-0.3, -0.25) is 4.79 Å². The molecule has 1 aliphatic rings. The van der Waals surface area contributed by atoms with Gasteiger partial charge in [-0.25, -0.2) is 8.42 Å². The molecule has 0 spiro atoms. The number of rotatable bonds is 6. The Morgan fingerprint density at radius 1 is 1.23 bits per heavy atom. The second-order valence-corrected chi connectivity index (χ2v) is 9.86. The maximum Gasteiger partial charge on any atom is 0.256 e. The smallest absolute Gasteiger partial charge is 0.256 e. The van der Waals surface area contributed by atoms with Crippen molar-refractivity contribution in [2.24, 2.45) is 11.7 Å². The van der Waals surface area contributed by atoms with Crippen LogP contribution in [0.25, 0.3) is 5.78 Å². The number of primary amides is 1. The number of aromatic nitrogens is 4. The molecule has 1 amide bonds. The number of anilines is 3. The van der Waals surface area contributed by atoms with Gasteiger partial charge in [-0.15, -0.1) is 0 Å². The first-order valence-electron chi connectivity index (χ1n) is 10.1. The number of amides is 1. The summed E-state index contributed by atoms with van der Waals surface area (Å²) in [5.74, 6) is 1.95. The summed E-state index contributed by atoms with van der Waals surface area (Å²) in [4.78, 5) is 22.6. The lowest BCUT2D eigenvalue weighted by Gasteiger charge is -2.22. The molecule has 0 aliphatic carbocycles. The van der Waals surface area contributed by atoms with Gasteiger partial charge in [-0.05, 0) is 49.4 Å². The van der Waals surface area contributed by atoms with E-state index in [0.717, 1.165) is 43.9 Å². The molecule has 1 aliphatic heterocycles. The fourth-order valence-electron chi connectivity index (χ4n) is 3.87. The van der Waals surface area contributed by atoms with E-state index < -0.39 is 9.84 Å². The zero-order valence-electron chi connectivity index (χ0n) is 17.2. The van der Waals surface area contributed by atoms with Gasteiger partial charge in [0.1, 0.15) is 18.0 Å². The van der Waals surface area contributed by atoms with Gasteiger partial charge in [0.15, 0.2) is 9.84 Å². The maximum atomic E-state index is 11.7. The first-order valence-corrected chi connectivity index (χ1v) is 12.0. The number of hydrogen-bond donors (Lipinski definition) is 2. The summed E-state index contributed by atoms with van der Waals surface area (Å²) in [6.07, 6.45) is 5.82. The Hall–Kier alpha value is -3.21. The van der Waals surface area contributed by atoms with Crippen molar-refractivity contribution < 1.29 is 13.2 Å². The van der Waals surface area contributed by atoms with E-state index in [2.05, 4.69) is 25.3 Å². The average molecular weight is 444 g/mol. The highest BCUT2D eigenvalue weighted by Crippen LogP contribution is 2.27. The molecule has 1 aromatic carbocycles. The minimum absolute atomic E-state index is 0.255. The van der Waals surface area contributed by atoms with Gasteiger partial charge < -0.3 is 16.0 Å². The van der Waals surface area contributed by atoms with Crippen molar-refractivity contribution >= 4 is 38.8 Å². The molecule has 1 saturated heterocycles. The summed E-state index contributed by atoms with van der Waals surface area (Å²) in [6.45, 7) is 1.60. The van der Waals surface area contributed by atoms with Crippen LogP contribution in [0, 0.1) is 5.92 Å². The Labute approximate surface area is 180 Å². The number of sulfone groups is 1. The molecule has 1 atom stereocenters. The summed E-state index contributed by atoms with van der Waals surface area (Å²) < 4.78 is 25.0. The highest BCUT2D eigenvalue weighted by Gasteiger charge is 2.21. The van der Waals surface area contributed by atoms with Gasteiger partial charge >= 0.3 is 0 Å². The molecule has 3 heterocycles. The average Bonchev–Trinajstić information content (AvgIpc) is 3.07. The molecule has 31 heavy (non-hydrogen) atoms. The van der Waals surface area contributed by atoms with E-state index in [1.54, 1.807) is 28.8 Å². The van der Waals surface area contributed by atoms with Crippen molar-refractivity contribution in [2.45, 2.75) is 30.6 Å². The molecule has 2 aromatic heterocycles. The first kappa shape index (κ1) is 21.0. The predicted octanol–water partition coefficient (Wildman–Crippen LogP) is 1.75. The van der Waals surface area contributed by atoms with Gasteiger partial charge in [0.05, 0.1) is 4.90 Å². The minimum Gasteiger partial charge on any atom is -0.370 e. The van der Waals surface area contributed by atoms with Gasteiger partial charge in [-0.2, -0.15) is 19.6 Å². The molecule has 0 saturated carbocycles. The molecule has 0 bridgehead atoms. The van der Waals surface area contributed by atoms with Gasteiger partial charge in [0, 0.05) is 37.5 Å². The lowest BCUT2D eigenvalue weighted by atomic mass is 9.97. The number of benzene rings is 1. The standard InChI is InChI=1S/C20H25N7O3S/c1-31(29,30)16-6-4-15(5-7-16)24-19-12-18(25-20-22-13-23-27(19)20)26-9-2-3-14(8-10-26)11-17(21)28/h4-7,12-14,24H,2-3,8-11H2,1H3,(H2,21,28). The van der Waals surface area contributed by atoms with E-state index in [4.69, 9.17) is 5.73 Å². The normalized spacial score (nSPS) is 17.5. The monoisotopic (exact) mass is 443 g/mol. The molecule has 0 radical (unpaired) electrons. The Bertz CT molecular complexity index is 1190. The molecule has 4 rings (SSSR count). The van der Waals surface area contributed by atoms with Crippen LogP contribution in [0.2, 0.25) is 0 Å². The number of carbonyl (C=O) groups excluding carboxylic acids is 1. The number of nitrogens with two attached hydrogens (primary N) is 1. The third-order valence-electron chi connectivity index (χ3n) is 5.45. The van der Waals surface area contributed by atoms with Crippen molar-refractivity contribution in [2.75, 3.05) is 29.6 Å². The van der Waals surface area contributed by atoms with Crippen LogP contribution < -0.4 is 16.0 Å². The zero-order valence-corrected chi connectivity index (χ0v) is 18.0. The van der Waals surface area contributed by atoms with E-state index in [1.165, 1.54) is 12.6 Å². The highest BCUT2D eigenvalue weighted by atomic mass is 32.2. The molecule has 3 N–H and O–H groups in total. The van der Waals surface area contributed by atoms with Crippen LogP contribution in [-0.4, -0.2) is 53.3 Å². The third-order valence-corrected chi connectivity index (χ3v) is 6.58. The summed E-state index contributed by atoms with van der Waals surface area (Å²) in [7, 11) is -3.26. The summed E-state index contributed by atoms with van der Waals surface area (Å²) in [5, 5.41) is 7.52. The van der Waals surface area contributed by atoms with Crippen LogP contribution >= 0.6 is 0 Å². The van der Waals surface area contributed by atoms with Crippen molar-refractivity contribution in [1.82, 2.24) is 19.6 Å². The minimum atomic E-state index is -3.26. The molecule has 1 unspecified atom stereocenters. The molecule has 164 valence electrons. The molecule has 1 fully saturated rings. The second-order valence-electron chi connectivity index (χ2n) is 7.85. The van der Waals surface area contributed by atoms with Crippen molar-refractivity contribution in [3.63, 3.8) is 0 Å². The molecule has 11 heteroatoms. The topological polar surface area (TPSA) is 136 Å². The van der Waals surface area contributed by atoms with Crippen LogP contribution in [0.15, 0.2) is 41.6 Å². The van der Waals surface area contributed by atoms with E-state index in [9.17, 15) is 13.2 Å². The van der Waals surface area contributed by atoms with E-state index in [0.29, 0.717) is 23.9 Å². The van der Waals surface area contributed by atoms with Crippen molar-refractivity contribution in [1.29, 1.82) is 0 Å². The van der Waals surface area contributed by atoms with Crippen LogP contribution in [0.4, 0.5) is 17.3 Å². The lowest BCUT2D eigenvalue weighted by Crippen LogP contribution is -2.26. The highest BCUT2D eigenvalue weighted by molar-refractivity contribution is 7.90. The summed E-state index contributed by atoms with van der Waals surface area (Å²) in [5.41, 5.74) is 6.09. The molecule has 3 aromatic rings. The zero-order chi connectivity index (χ0) is 22.0. The van der Waals surface area contributed by atoms with Gasteiger partial charge in [0.2, 0.25) is 5.91 Å². The number of hydrogen-bond acceptors (Lipinski definition) is 8. The second kappa shape index (κ2) is 8.50. The van der Waals surface area contributed by atoms with Gasteiger partial charge in [0.25, 0.3) is 5.78 Å². The van der Waals surface area contributed by atoms with Crippen LogP contribution in [0.1, 0.15) is 25.7 Å². The SMILES string of the molecule is CS(=O)(=O)c1ccc(Nc2cc(N3CCCC(CC(N)=O)CC3)nc3ncnn23)cc1. The fourth-order valence-corrected chi connectivity index (χ4v) is 4.50. The Balaban J connectivity index is 1.59. The number of nitrogens with zero attached hydrogens (tertiary/aromatic N) is 5. The summed E-state index contributed by atoms with van der Waals surface area (Å²) >= 11 is 0. The predicted molar refractivity (Wildman–Crippen MR) is 117 cm³/mol. The Morgan fingerprint density at radius 2 is 2.00 bits per heavy atom. The Morgan fingerprint density at radius 3 is 2.71 bits per heavy atom. The van der Waals surface area contributed by atoms with Crippen LogP contribution in [-0.2, 0) is 14.6 Å². The molecular weight excluding hydrogens is 418 g/mol. The maximum absolute atomic E-state index is 11.7. The molecular formula is C20H25N7O3S. The number of carbonyl (C=O) groups is 1.